The van der Waals surface area contributed by atoms with Crippen LogP contribution in [0, 0.1) is 6.92 Å². The molecule has 2 amide bonds. The maximum Gasteiger partial charge on any atom is 0.315 e. The first-order valence-corrected chi connectivity index (χ1v) is 5.58. The lowest BCUT2D eigenvalue weighted by molar-refractivity contribution is 0.238. The number of urea groups is 1. The molecule has 1 aromatic rings. The maximum absolute atomic E-state index is 11.2. The van der Waals surface area contributed by atoms with Gasteiger partial charge in [0.05, 0.1) is 11.6 Å². The highest BCUT2D eigenvalue weighted by molar-refractivity contribution is 7.11. The lowest BCUT2D eigenvalue weighted by Crippen LogP contribution is -2.35. The largest absolute Gasteiger partial charge is 0.396 e. The first kappa shape index (κ1) is 11.9. The van der Waals surface area contributed by atoms with Crippen molar-refractivity contribution in [1.82, 2.24) is 15.6 Å². The molecule has 15 heavy (non-hydrogen) atoms. The summed E-state index contributed by atoms with van der Waals surface area (Å²) in [6, 6.07) is -0.213. The molecular weight excluding hydrogens is 214 g/mol. The van der Waals surface area contributed by atoms with Gasteiger partial charge in [-0.25, -0.2) is 9.78 Å². The molecule has 5 nitrogen and oxygen atoms in total. The standard InChI is InChI=1S/C9H15N3O2S/c1-7-11-5-8(15-7)6-12-9(14)10-3-2-4-13/h5,13H,2-4,6H2,1H3,(H2,10,12,14). The van der Waals surface area contributed by atoms with Gasteiger partial charge < -0.3 is 15.7 Å². The number of hydrogen-bond acceptors (Lipinski definition) is 4. The number of aliphatic hydroxyl groups excluding tert-OH is 1. The van der Waals surface area contributed by atoms with Crippen molar-refractivity contribution in [3.63, 3.8) is 0 Å². The van der Waals surface area contributed by atoms with Crippen LogP contribution < -0.4 is 10.6 Å². The quantitative estimate of drug-likeness (QED) is 0.648. The van der Waals surface area contributed by atoms with Gasteiger partial charge in [0.15, 0.2) is 0 Å². The van der Waals surface area contributed by atoms with Gasteiger partial charge in [0.2, 0.25) is 0 Å². The fourth-order valence-corrected chi connectivity index (χ4v) is 1.73. The Bertz CT molecular complexity index is 314. The number of carbonyl (C=O) groups excluding carboxylic acids is 1. The molecule has 3 N–H and O–H groups in total. The summed E-state index contributed by atoms with van der Waals surface area (Å²) in [5.74, 6) is 0. The molecule has 0 fully saturated rings. The average Bonchev–Trinajstić information content (AvgIpc) is 2.62. The van der Waals surface area contributed by atoms with Crippen molar-refractivity contribution in [3.8, 4) is 0 Å². The smallest absolute Gasteiger partial charge is 0.315 e. The molecule has 0 bridgehead atoms. The Morgan fingerprint density at radius 3 is 3.00 bits per heavy atom. The molecule has 0 saturated heterocycles. The zero-order chi connectivity index (χ0) is 11.1. The number of amides is 2. The summed E-state index contributed by atoms with van der Waals surface area (Å²) >= 11 is 1.56. The zero-order valence-corrected chi connectivity index (χ0v) is 9.43. The van der Waals surface area contributed by atoms with Crippen LogP contribution >= 0.6 is 11.3 Å². The van der Waals surface area contributed by atoms with Crippen molar-refractivity contribution in [1.29, 1.82) is 0 Å². The van der Waals surface area contributed by atoms with Crippen molar-refractivity contribution < 1.29 is 9.90 Å². The van der Waals surface area contributed by atoms with Crippen LogP contribution in [0.4, 0.5) is 4.79 Å². The number of nitrogens with zero attached hydrogens (tertiary/aromatic N) is 1. The number of aromatic nitrogens is 1. The molecule has 0 unspecified atom stereocenters. The molecule has 0 aliphatic heterocycles. The third-order valence-corrected chi connectivity index (χ3v) is 2.63. The van der Waals surface area contributed by atoms with Gasteiger partial charge in [0, 0.05) is 24.2 Å². The number of carbonyl (C=O) groups is 1. The third-order valence-electron chi connectivity index (χ3n) is 1.71. The second kappa shape index (κ2) is 6.36. The van der Waals surface area contributed by atoms with Crippen LogP contribution in [0.25, 0.3) is 0 Å². The Balaban J connectivity index is 2.16. The van der Waals surface area contributed by atoms with E-state index in [-0.39, 0.29) is 12.6 Å². The summed E-state index contributed by atoms with van der Waals surface area (Å²) in [7, 11) is 0. The summed E-state index contributed by atoms with van der Waals surface area (Å²) < 4.78 is 0. The molecular formula is C9H15N3O2S. The van der Waals surface area contributed by atoms with Crippen LogP contribution in [0.2, 0.25) is 0 Å². The molecule has 0 spiro atoms. The number of thiazole rings is 1. The number of rotatable bonds is 5. The van der Waals surface area contributed by atoms with Crippen molar-refractivity contribution in [2.45, 2.75) is 19.9 Å². The molecule has 1 heterocycles. The molecule has 1 rings (SSSR count). The lowest BCUT2D eigenvalue weighted by atomic mass is 10.4. The van der Waals surface area contributed by atoms with E-state index in [0.29, 0.717) is 19.5 Å². The number of hydrogen-bond donors (Lipinski definition) is 3. The van der Waals surface area contributed by atoms with Gasteiger partial charge in [-0.15, -0.1) is 11.3 Å². The minimum absolute atomic E-state index is 0.0916. The van der Waals surface area contributed by atoms with Gasteiger partial charge >= 0.3 is 6.03 Å². The van der Waals surface area contributed by atoms with Gasteiger partial charge in [0.1, 0.15) is 0 Å². The maximum atomic E-state index is 11.2. The van der Waals surface area contributed by atoms with E-state index in [1.54, 1.807) is 17.5 Å². The summed E-state index contributed by atoms with van der Waals surface area (Å²) in [5, 5.41) is 14.8. The highest BCUT2D eigenvalue weighted by Gasteiger charge is 2.01. The van der Waals surface area contributed by atoms with E-state index in [2.05, 4.69) is 15.6 Å². The number of aliphatic hydroxyl groups is 1. The predicted octanol–water partition coefficient (Wildman–Crippen LogP) is 0.633. The molecule has 0 aliphatic carbocycles. The van der Waals surface area contributed by atoms with Gasteiger partial charge in [-0.2, -0.15) is 0 Å². The molecule has 0 atom stereocenters. The Morgan fingerprint density at radius 1 is 1.60 bits per heavy atom. The average molecular weight is 229 g/mol. The number of nitrogens with one attached hydrogen (secondary N) is 2. The van der Waals surface area contributed by atoms with Gasteiger partial charge in [-0.3, -0.25) is 0 Å². The van der Waals surface area contributed by atoms with Crippen LogP contribution in [-0.2, 0) is 6.54 Å². The van der Waals surface area contributed by atoms with Crippen LogP contribution in [0.5, 0.6) is 0 Å². The van der Waals surface area contributed by atoms with E-state index in [4.69, 9.17) is 5.11 Å². The fourth-order valence-electron chi connectivity index (χ4n) is 0.998. The SMILES string of the molecule is Cc1ncc(CNC(=O)NCCCO)s1. The van der Waals surface area contributed by atoms with E-state index < -0.39 is 0 Å². The summed E-state index contributed by atoms with van der Waals surface area (Å²) in [6.07, 6.45) is 2.33. The normalized spacial score (nSPS) is 10.0. The van der Waals surface area contributed by atoms with Gasteiger partial charge in [-0.05, 0) is 13.3 Å². The molecule has 0 radical (unpaired) electrons. The molecule has 6 heteroatoms. The Hall–Kier alpha value is -1.14. The second-order valence-corrected chi connectivity index (χ2v) is 4.35. The van der Waals surface area contributed by atoms with Crippen molar-refractivity contribution in [3.05, 3.63) is 16.1 Å². The first-order chi connectivity index (χ1) is 7.22. The third kappa shape index (κ3) is 4.75. The summed E-state index contributed by atoms with van der Waals surface area (Å²) in [4.78, 5) is 16.3. The molecule has 84 valence electrons. The molecule has 0 saturated carbocycles. The summed E-state index contributed by atoms with van der Waals surface area (Å²) in [6.45, 7) is 3.00. The number of aryl methyl sites for hydroxylation is 1. The highest BCUT2D eigenvalue weighted by atomic mass is 32.1. The summed E-state index contributed by atoms with van der Waals surface area (Å²) in [5.41, 5.74) is 0. The lowest BCUT2D eigenvalue weighted by Gasteiger charge is -2.04. The monoisotopic (exact) mass is 229 g/mol. The Labute approximate surface area is 92.5 Å². The Kier molecular flexibility index (Phi) is 5.06. The molecule has 0 aromatic carbocycles. The minimum Gasteiger partial charge on any atom is -0.396 e. The van der Waals surface area contributed by atoms with E-state index >= 15 is 0 Å². The Morgan fingerprint density at radius 2 is 2.40 bits per heavy atom. The van der Waals surface area contributed by atoms with E-state index in [1.165, 1.54) is 0 Å². The molecule has 0 aliphatic rings. The van der Waals surface area contributed by atoms with Crippen molar-refractivity contribution in [2.24, 2.45) is 0 Å². The first-order valence-electron chi connectivity index (χ1n) is 4.76. The van der Waals surface area contributed by atoms with Crippen molar-refractivity contribution in [2.75, 3.05) is 13.2 Å². The fraction of sp³-hybridized carbons (Fsp3) is 0.556. The predicted molar refractivity (Wildman–Crippen MR) is 58.8 cm³/mol. The van der Waals surface area contributed by atoms with Crippen LogP contribution in [-0.4, -0.2) is 29.3 Å². The van der Waals surface area contributed by atoms with E-state index in [1.807, 2.05) is 6.92 Å². The topological polar surface area (TPSA) is 74.2 Å². The van der Waals surface area contributed by atoms with Crippen LogP contribution in [0.3, 0.4) is 0 Å². The van der Waals surface area contributed by atoms with E-state index in [0.717, 1.165) is 9.88 Å². The highest BCUT2D eigenvalue weighted by Crippen LogP contribution is 2.10. The van der Waals surface area contributed by atoms with Gasteiger partial charge in [-0.1, -0.05) is 0 Å². The van der Waals surface area contributed by atoms with Crippen LogP contribution in [0.15, 0.2) is 6.20 Å². The van der Waals surface area contributed by atoms with E-state index in [9.17, 15) is 4.79 Å². The zero-order valence-electron chi connectivity index (χ0n) is 8.62. The minimum atomic E-state index is -0.213. The van der Waals surface area contributed by atoms with Gasteiger partial charge in [0.25, 0.3) is 0 Å². The second-order valence-electron chi connectivity index (χ2n) is 3.03. The van der Waals surface area contributed by atoms with Crippen LogP contribution in [0.1, 0.15) is 16.3 Å². The van der Waals surface area contributed by atoms with Crippen molar-refractivity contribution >= 4 is 17.4 Å². The molecule has 1 aromatic heterocycles.